The van der Waals surface area contributed by atoms with Crippen molar-refractivity contribution in [3.63, 3.8) is 0 Å². The molecule has 0 N–H and O–H groups in total. The number of rotatable bonds is 7. The zero-order chi connectivity index (χ0) is 20.7. The third-order valence-electron chi connectivity index (χ3n) is 4.26. The van der Waals surface area contributed by atoms with E-state index in [1.807, 2.05) is 30.3 Å². The Morgan fingerprint density at radius 2 is 1.54 bits per heavy atom. The minimum atomic E-state index is -0.924. The van der Waals surface area contributed by atoms with Crippen molar-refractivity contribution in [3.05, 3.63) is 35.9 Å². The molecule has 0 radical (unpaired) electrons. The average molecular weight is 394 g/mol. The van der Waals surface area contributed by atoms with Crippen LogP contribution in [0.25, 0.3) is 0 Å². The highest BCUT2D eigenvalue weighted by Gasteiger charge is 2.48. The SMILES string of the molecule is CC(=O)OCC1OC(OCc2ccccc2)C(C)C(OC(C)=O)C1OC(C)=O. The van der Waals surface area contributed by atoms with Crippen LogP contribution < -0.4 is 0 Å². The van der Waals surface area contributed by atoms with E-state index in [1.54, 1.807) is 6.92 Å². The lowest BCUT2D eigenvalue weighted by molar-refractivity contribution is -0.291. The van der Waals surface area contributed by atoms with Crippen LogP contribution >= 0.6 is 0 Å². The van der Waals surface area contributed by atoms with Gasteiger partial charge in [0.25, 0.3) is 0 Å². The Labute approximate surface area is 164 Å². The molecule has 2 rings (SSSR count). The van der Waals surface area contributed by atoms with Crippen LogP contribution in [-0.2, 0) is 44.7 Å². The van der Waals surface area contributed by atoms with E-state index in [9.17, 15) is 14.4 Å². The molecule has 5 atom stereocenters. The molecule has 1 aromatic rings. The van der Waals surface area contributed by atoms with Crippen LogP contribution in [-0.4, -0.2) is 49.1 Å². The van der Waals surface area contributed by atoms with Crippen molar-refractivity contribution in [1.29, 1.82) is 0 Å². The first-order chi connectivity index (χ1) is 13.3. The van der Waals surface area contributed by atoms with E-state index in [2.05, 4.69) is 0 Å². The quantitative estimate of drug-likeness (QED) is 0.512. The van der Waals surface area contributed by atoms with Gasteiger partial charge in [-0.1, -0.05) is 37.3 Å². The summed E-state index contributed by atoms with van der Waals surface area (Å²) in [5.74, 6) is -2.02. The van der Waals surface area contributed by atoms with Gasteiger partial charge in [0.2, 0.25) is 0 Å². The Morgan fingerprint density at radius 3 is 2.11 bits per heavy atom. The van der Waals surface area contributed by atoms with Gasteiger partial charge in [-0.3, -0.25) is 14.4 Å². The van der Waals surface area contributed by atoms with Gasteiger partial charge in [0.15, 0.2) is 12.4 Å². The van der Waals surface area contributed by atoms with Crippen molar-refractivity contribution in [1.82, 2.24) is 0 Å². The van der Waals surface area contributed by atoms with Gasteiger partial charge in [-0.05, 0) is 5.56 Å². The summed E-state index contributed by atoms with van der Waals surface area (Å²) < 4.78 is 27.6. The van der Waals surface area contributed by atoms with E-state index in [-0.39, 0.29) is 13.2 Å². The van der Waals surface area contributed by atoms with Gasteiger partial charge in [-0.2, -0.15) is 0 Å². The highest BCUT2D eigenvalue weighted by molar-refractivity contribution is 5.67. The van der Waals surface area contributed by atoms with Crippen molar-refractivity contribution in [3.8, 4) is 0 Å². The third kappa shape index (κ3) is 6.31. The summed E-state index contributed by atoms with van der Waals surface area (Å²) in [6.07, 6.45) is -3.32. The Hall–Kier alpha value is -2.45. The number of esters is 3. The van der Waals surface area contributed by atoms with Crippen LogP contribution in [0.1, 0.15) is 33.3 Å². The summed E-state index contributed by atoms with van der Waals surface area (Å²) in [4.78, 5) is 34.4. The second kappa shape index (κ2) is 10.2. The van der Waals surface area contributed by atoms with Gasteiger partial charge >= 0.3 is 17.9 Å². The lowest BCUT2D eigenvalue weighted by Crippen LogP contribution is -2.58. The van der Waals surface area contributed by atoms with E-state index in [0.29, 0.717) is 0 Å². The molecule has 1 saturated heterocycles. The van der Waals surface area contributed by atoms with Crippen molar-refractivity contribution >= 4 is 17.9 Å². The highest BCUT2D eigenvalue weighted by atomic mass is 16.7. The van der Waals surface area contributed by atoms with Gasteiger partial charge in [0.1, 0.15) is 18.8 Å². The molecule has 1 aliphatic rings. The van der Waals surface area contributed by atoms with E-state index >= 15 is 0 Å². The average Bonchev–Trinajstić information content (AvgIpc) is 2.63. The Balaban J connectivity index is 2.19. The molecular formula is C20H26O8. The molecule has 0 bridgehead atoms. The molecule has 28 heavy (non-hydrogen) atoms. The molecule has 8 nitrogen and oxygen atoms in total. The summed E-state index contributed by atoms with van der Waals surface area (Å²) in [6, 6.07) is 9.51. The van der Waals surface area contributed by atoms with Gasteiger partial charge in [-0.15, -0.1) is 0 Å². The number of hydrogen-bond donors (Lipinski definition) is 0. The first kappa shape index (κ1) is 21.8. The lowest BCUT2D eigenvalue weighted by atomic mass is 9.92. The number of carbonyl (C=O) groups is 3. The third-order valence-corrected chi connectivity index (χ3v) is 4.26. The maximum Gasteiger partial charge on any atom is 0.303 e. The second-order valence-corrected chi connectivity index (χ2v) is 6.65. The van der Waals surface area contributed by atoms with Crippen LogP contribution in [0.15, 0.2) is 30.3 Å². The summed E-state index contributed by atoms with van der Waals surface area (Å²) in [5.41, 5.74) is 0.945. The van der Waals surface area contributed by atoms with Crippen molar-refractivity contribution in [2.45, 2.75) is 58.9 Å². The first-order valence-electron chi connectivity index (χ1n) is 9.06. The van der Waals surface area contributed by atoms with Crippen LogP contribution in [0.5, 0.6) is 0 Å². The lowest BCUT2D eigenvalue weighted by Gasteiger charge is -2.43. The fourth-order valence-electron chi connectivity index (χ4n) is 3.02. The molecule has 0 amide bonds. The Morgan fingerprint density at radius 1 is 0.929 bits per heavy atom. The molecule has 1 aliphatic heterocycles. The van der Waals surface area contributed by atoms with Crippen molar-refractivity contribution in [2.24, 2.45) is 5.92 Å². The van der Waals surface area contributed by atoms with Crippen LogP contribution in [0.3, 0.4) is 0 Å². The molecular weight excluding hydrogens is 368 g/mol. The molecule has 0 aliphatic carbocycles. The van der Waals surface area contributed by atoms with Crippen molar-refractivity contribution < 1.29 is 38.1 Å². The van der Waals surface area contributed by atoms with Crippen molar-refractivity contribution in [2.75, 3.05) is 6.61 Å². The molecule has 1 aromatic carbocycles. The maximum atomic E-state index is 11.6. The van der Waals surface area contributed by atoms with Gasteiger partial charge in [0, 0.05) is 26.7 Å². The number of carbonyl (C=O) groups excluding carboxylic acids is 3. The zero-order valence-corrected chi connectivity index (χ0v) is 16.5. The number of ether oxygens (including phenoxy) is 5. The number of benzene rings is 1. The number of hydrogen-bond acceptors (Lipinski definition) is 8. The second-order valence-electron chi connectivity index (χ2n) is 6.65. The van der Waals surface area contributed by atoms with E-state index in [4.69, 9.17) is 23.7 Å². The standard InChI is InChI=1S/C20H26O8/c1-12-18(26-14(3)22)19(27-15(4)23)17(11-24-13(2)21)28-20(12)25-10-16-8-6-5-7-9-16/h5-9,12,17-20H,10-11H2,1-4H3. The zero-order valence-electron chi connectivity index (χ0n) is 16.5. The Kier molecular flexibility index (Phi) is 7.95. The molecule has 8 heteroatoms. The van der Waals surface area contributed by atoms with Crippen LogP contribution in [0.2, 0.25) is 0 Å². The summed E-state index contributed by atoms with van der Waals surface area (Å²) in [6.45, 7) is 5.68. The smallest absolute Gasteiger partial charge is 0.303 e. The minimum Gasteiger partial charge on any atom is -0.463 e. The van der Waals surface area contributed by atoms with Gasteiger partial charge in [0.05, 0.1) is 6.61 Å². The molecule has 154 valence electrons. The van der Waals surface area contributed by atoms with E-state index in [0.717, 1.165) is 5.56 Å². The molecule has 1 heterocycles. The fourth-order valence-corrected chi connectivity index (χ4v) is 3.02. The summed E-state index contributed by atoms with van der Waals surface area (Å²) in [5, 5.41) is 0. The fraction of sp³-hybridized carbons (Fsp3) is 0.550. The monoisotopic (exact) mass is 394 g/mol. The molecule has 0 saturated carbocycles. The molecule has 0 spiro atoms. The molecule has 0 aromatic heterocycles. The van der Waals surface area contributed by atoms with Gasteiger partial charge < -0.3 is 23.7 Å². The summed E-state index contributed by atoms with van der Waals surface area (Å²) >= 11 is 0. The highest BCUT2D eigenvalue weighted by Crippen LogP contribution is 2.32. The Bertz CT molecular complexity index is 674. The first-order valence-corrected chi connectivity index (χ1v) is 9.06. The van der Waals surface area contributed by atoms with Crippen LogP contribution in [0, 0.1) is 5.92 Å². The maximum absolute atomic E-state index is 11.6. The van der Waals surface area contributed by atoms with E-state index < -0.39 is 48.4 Å². The van der Waals surface area contributed by atoms with E-state index in [1.165, 1.54) is 20.8 Å². The van der Waals surface area contributed by atoms with Crippen LogP contribution in [0.4, 0.5) is 0 Å². The summed E-state index contributed by atoms with van der Waals surface area (Å²) in [7, 11) is 0. The largest absolute Gasteiger partial charge is 0.463 e. The molecule has 5 unspecified atom stereocenters. The topological polar surface area (TPSA) is 97.4 Å². The molecule has 1 fully saturated rings. The van der Waals surface area contributed by atoms with Gasteiger partial charge in [-0.25, -0.2) is 0 Å². The predicted octanol–water partition coefficient (Wildman–Crippen LogP) is 1.99. The minimum absolute atomic E-state index is 0.164. The predicted molar refractivity (Wildman–Crippen MR) is 96.8 cm³/mol. The normalized spacial score (nSPS) is 26.9.